The van der Waals surface area contributed by atoms with Crippen LogP contribution in [0.25, 0.3) is 10.9 Å². The number of para-hydroxylation sites is 1. The highest BCUT2D eigenvalue weighted by atomic mass is 16.5. The van der Waals surface area contributed by atoms with Crippen molar-refractivity contribution in [2.75, 3.05) is 7.05 Å². The molecule has 0 aliphatic heterocycles. The maximum atomic E-state index is 13.6. The zero-order valence-corrected chi connectivity index (χ0v) is 19.4. The molecule has 0 radical (unpaired) electrons. The number of aromatic amines is 1. The van der Waals surface area contributed by atoms with Crippen molar-refractivity contribution in [2.24, 2.45) is 0 Å². The molecule has 0 aliphatic carbocycles. The summed E-state index contributed by atoms with van der Waals surface area (Å²) < 4.78 is 5.41. The van der Waals surface area contributed by atoms with Crippen LogP contribution < -0.4 is 5.32 Å². The van der Waals surface area contributed by atoms with Gasteiger partial charge < -0.3 is 19.9 Å². The Balaban J connectivity index is 1.52. The van der Waals surface area contributed by atoms with Crippen molar-refractivity contribution in [1.82, 2.24) is 15.2 Å². The Hall–Kier alpha value is -4.06. The fourth-order valence-electron chi connectivity index (χ4n) is 4.02. The summed E-state index contributed by atoms with van der Waals surface area (Å²) in [5.74, 6) is -0.182. The van der Waals surface area contributed by atoms with E-state index in [0.717, 1.165) is 27.6 Å². The van der Waals surface area contributed by atoms with Crippen LogP contribution in [0.15, 0.2) is 91.1 Å². The van der Waals surface area contributed by atoms with E-state index < -0.39 is 12.1 Å². The third-order valence-corrected chi connectivity index (χ3v) is 6.11. The van der Waals surface area contributed by atoms with Crippen molar-refractivity contribution in [3.8, 4) is 0 Å². The van der Waals surface area contributed by atoms with Gasteiger partial charge in [0.05, 0.1) is 6.04 Å². The molecular formula is C28H29N3O3. The van der Waals surface area contributed by atoms with Gasteiger partial charge in [0, 0.05) is 30.6 Å². The molecule has 0 spiro atoms. The summed E-state index contributed by atoms with van der Waals surface area (Å²) in [4.78, 5) is 31.2. The lowest BCUT2D eigenvalue weighted by Crippen LogP contribution is -2.49. The zero-order chi connectivity index (χ0) is 23.9. The lowest BCUT2D eigenvalue weighted by molar-refractivity contribution is -0.134. The second-order valence-corrected chi connectivity index (χ2v) is 8.36. The Morgan fingerprint density at radius 3 is 2.32 bits per heavy atom. The highest BCUT2D eigenvalue weighted by Gasteiger charge is 2.28. The van der Waals surface area contributed by atoms with Crippen LogP contribution in [0.5, 0.6) is 0 Å². The molecule has 0 bridgehead atoms. The SMILES string of the molecule is C[C@@H](c1ccccc1)N(C)C(=O)[C@H](Cc1c[nH]c2ccccc12)NC(=O)OCc1ccccc1. The summed E-state index contributed by atoms with van der Waals surface area (Å²) >= 11 is 0. The first kappa shape index (κ1) is 23.1. The Bertz CT molecular complexity index is 1240. The van der Waals surface area contributed by atoms with Crippen LogP contribution in [0.4, 0.5) is 4.79 Å². The fourth-order valence-corrected chi connectivity index (χ4v) is 4.02. The van der Waals surface area contributed by atoms with Crippen molar-refractivity contribution < 1.29 is 14.3 Å². The highest BCUT2D eigenvalue weighted by molar-refractivity contribution is 5.88. The van der Waals surface area contributed by atoms with Crippen LogP contribution in [0.2, 0.25) is 0 Å². The molecule has 0 saturated heterocycles. The van der Waals surface area contributed by atoms with Gasteiger partial charge in [0.1, 0.15) is 12.6 Å². The average Bonchev–Trinajstić information content (AvgIpc) is 3.29. The predicted molar refractivity (Wildman–Crippen MR) is 133 cm³/mol. The van der Waals surface area contributed by atoms with E-state index in [1.54, 1.807) is 11.9 Å². The van der Waals surface area contributed by atoms with Gasteiger partial charge in [0.2, 0.25) is 5.91 Å². The van der Waals surface area contributed by atoms with Gasteiger partial charge >= 0.3 is 6.09 Å². The summed E-state index contributed by atoms with van der Waals surface area (Å²) in [6, 6.07) is 26.3. The molecular weight excluding hydrogens is 426 g/mol. The molecule has 2 N–H and O–H groups in total. The van der Waals surface area contributed by atoms with Crippen LogP contribution >= 0.6 is 0 Å². The lowest BCUT2D eigenvalue weighted by atomic mass is 10.0. The van der Waals surface area contributed by atoms with Gasteiger partial charge in [-0.1, -0.05) is 78.9 Å². The van der Waals surface area contributed by atoms with Gasteiger partial charge in [0.15, 0.2) is 0 Å². The van der Waals surface area contributed by atoms with Crippen molar-refractivity contribution in [3.05, 3.63) is 108 Å². The maximum Gasteiger partial charge on any atom is 0.408 e. The maximum absolute atomic E-state index is 13.6. The number of alkyl carbamates (subject to hydrolysis) is 1. The number of ether oxygens (including phenoxy) is 1. The molecule has 0 saturated carbocycles. The van der Waals surface area contributed by atoms with Gasteiger partial charge in [-0.3, -0.25) is 4.79 Å². The summed E-state index contributed by atoms with van der Waals surface area (Å²) in [5.41, 5.74) is 3.85. The van der Waals surface area contributed by atoms with E-state index in [-0.39, 0.29) is 18.6 Å². The fraction of sp³-hybridized carbons (Fsp3) is 0.214. The number of H-pyrrole nitrogens is 1. The number of nitrogens with zero attached hydrogens (tertiary/aromatic N) is 1. The van der Waals surface area contributed by atoms with Crippen molar-refractivity contribution in [1.29, 1.82) is 0 Å². The number of rotatable bonds is 8. The lowest BCUT2D eigenvalue weighted by Gasteiger charge is -2.29. The number of hydrogen-bond acceptors (Lipinski definition) is 3. The van der Waals surface area contributed by atoms with E-state index in [1.165, 1.54) is 0 Å². The average molecular weight is 456 g/mol. The normalized spacial score (nSPS) is 12.6. The van der Waals surface area contributed by atoms with Crippen molar-refractivity contribution >= 4 is 22.9 Å². The molecule has 1 aromatic heterocycles. The Morgan fingerprint density at radius 2 is 1.59 bits per heavy atom. The van der Waals surface area contributed by atoms with Crippen LogP contribution in [0.3, 0.4) is 0 Å². The monoisotopic (exact) mass is 455 g/mol. The molecule has 2 atom stereocenters. The molecule has 0 unspecified atom stereocenters. The number of fused-ring (bicyclic) bond motifs is 1. The largest absolute Gasteiger partial charge is 0.445 e. The number of aromatic nitrogens is 1. The van der Waals surface area contributed by atoms with Crippen molar-refractivity contribution in [2.45, 2.75) is 32.0 Å². The zero-order valence-electron chi connectivity index (χ0n) is 19.4. The van der Waals surface area contributed by atoms with Crippen LogP contribution in [0.1, 0.15) is 29.7 Å². The molecule has 174 valence electrons. The molecule has 0 fully saturated rings. The first-order valence-electron chi connectivity index (χ1n) is 11.4. The molecule has 3 aromatic carbocycles. The molecule has 6 nitrogen and oxygen atoms in total. The molecule has 4 aromatic rings. The smallest absolute Gasteiger partial charge is 0.408 e. The number of hydrogen-bond donors (Lipinski definition) is 2. The quantitative estimate of drug-likeness (QED) is 0.382. The molecule has 34 heavy (non-hydrogen) atoms. The van der Waals surface area contributed by atoms with Gasteiger partial charge in [-0.15, -0.1) is 0 Å². The second-order valence-electron chi connectivity index (χ2n) is 8.36. The van der Waals surface area contributed by atoms with Gasteiger partial charge in [0.25, 0.3) is 0 Å². The minimum absolute atomic E-state index is 0.136. The van der Waals surface area contributed by atoms with E-state index >= 15 is 0 Å². The van der Waals surface area contributed by atoms with Crippen molar-refractivity contribution in [3.63, 3.8) is 0 Å². The number of nitrogens with one attached hydrogen (secondary N) is 2. The van der Waals surface area contributed by atoms with E-state index in [4.69, 9.17) is 4.74 Å². The third kappa shape index (κ3) is 5.46. The van der Waals surface area contributed by atoms with Gasteiger partial charge in [-0.05, 0) is 29.7 Å². The Morgan fingerprint density at radius 1 is 0.941 bits per heavy atom. The van der Waals surface area contributed by atoms with Crippen LogP contribution in [0, 0.1) is 0 Å². The molecule has 6 heteroatoms. The highest BCUT2D eigenvalue weighted by Crippen LogP contribution is 2.22. The standard InChI is InChI=1S/C28H29N3O3/c1-20(22-13-7-4-8-14-22)31(2)27(32)26(17-23-18-29-25-16-10-9-15-24(23)25)30-28(33)34-19-21-11-5-3-6-12-21/h3-16,18,20,26,29H,17,19H2,1-2H3,(H,30,33)/t20-,26-/m0/s1. The second kappa shape index (κ2) is 10.7. The Labute approximate surface area is 199 Å². The summed E-state index contributed by atoms with van der Waals surface area (Å²) in [6.07, 6.45) is 1.61. The van der Waals surface area contributed by atoms with Crippen LogP contribution in [-0.2, 0) is 22.6 Å². The molecule has 2 amide bonds. The topological polar surface area (TPSA) is 74.4 Å². The van der Waals surface area contributed by atoms with E-state index in [9.17, 15) is 9.59 Å². The molecule has 0 aliphatic rings. The van der Waals surface area contributed by atoms with Gasteiger partial charge in [-0.25, -0.2) is 4.79 Å². The Kier molecular flexibility index (Phi) is 7.28. The first-order valence-corrected chi connectivity index (χ1v) is 11.4. The number of amides is 2. The number of carbonyl (C=O) groups is 2. The number of benzene rings is 3. The van der Waals surface area contributed by atoms with Gasteiger partial charge in [-0.2, -0.15) is 0 Å². The summed E-state index contributed by atoms with van der Waals surface area (Å²) in [7, 11) is 1.76. The summed E-state index contributed by atoms with van der Waals surface area (Å²) in [5, 5.41) is 3.84. The van der Waals surface area contributed by atoms with E-state index in [2.05, 4.69) is 10.3 Å². The van der Waals surface area contributed by atoms with Crippen LogP contribution in [-0.4, -0.2) is 35.0 Å². The van der Waals surface area contributed by atoms with E-state index in [1.807, 2.05) is 98.0 Å². The minimum Gasteiger partial charge on any atom is -0.445 e. The number of carbonyl (C=O) groups excluding carboxylic acids is 2. The molecule has 4 rings (SSSR count). The predicted octanol–water partition coefficient (Wildman–Crippen LogP) is 5.23. The first-order chi connectivity index (χ1) is 16.5. The van der Waals surface area contributed by atoms with E-state index in [0.29, 0.717) is 6.42 Å². The minimum atomic E-state index is -0.779. The number of likely N-dealkylation sites (N-methyl/N-ethyl adjacent to an activating group) is 1. The summed E-state index contributed by atoms with van der Waals surface area (Å²) in [6.45, 7) is 2.11. The molecule has 1 heterocycles. The third-order valence-electron chi connectivity index (χ3n) is 6.11.